The van der Waals surface area contributed by atoms with Crippen LogP contribution in [0.15, 0.2) is 18.3 Å². The highest BCUT2D eigenvalue weighted by Gasteiger charge is 2.30. The second kappa shape index (κ2) is 5.36. The molecule has 1 amide bonds. The fourth-order valence-electron chi connectivity index (χ4n) is 2.07. The summed E-state index contributed by atoms with van der Waals surface area (Å²) in [5.74, 6) is -1.33. The Balaban J connectivity index is 2.23. The monoisotopic (exact) mass is 264 g/mol. The number of carboxylic acid groups (broad SMARTS) is 1. The number of hydrogen-bond donors (Lipinski definition) is 1. The van der Waals surface area contributed by atoms with Gasteiger partial charge in [-0.2, -0.15) is 0 Å². The minimum Gasteiger partial charge on any atom is -0.477 e. The van der Waals surface area contributed by atoms with Crippen molar-refractivity contribution in [2.75, 3.05) is 13.2 Å². The first kappa shape index (κ1) is 13.5. The van der Waals surface area contributed by atoms with Crippen LogP contribution in [-0.4, -0.2) is 52.2 Å². The Morgan fingerprint density at radius 2 is 2.21 bits per heavy atom. The van der Waals surface area contributed by atoms with Crippen molar-refractivity contribution < 1.29 is 19.4 Å². The van der Waals surface area contributed by atoms with Crippen molar-refractivity contribution in [1.82, 2.24) is 9.88 Å². The molecular formula is C13H16N2O4. The Kier molecular flexibility index (Phi) is 3.80. The molecule has 1 aliphatic heterocycles. The van der Waals surface area contributed by atoms with Crippen LogP contribution in [0.25, 0.3) is 0 Å². The molecule has 0 spiro atoms. The summed E-state index contributed by atoms with van der Waals surface area (Å²) in [5, 5.41) is 8.89. The quantitative estimate of drug-likeness (QED) is 0.863. The lowest BCUT2D eigenvalue weighted by atomic mass is 10.1. The number of aromatic carboxylic acids is 1. The molecule has 2 unspecified atom stereocenters. The van der Waals surface area contributed by atoms with Crippen molar-refractivity contribution in [1.29, 1.82) is 0 Å². The molecule has 2 atom stereocenters. The molecule has 6 nitrogen and oxygen atoms in total. The average molecular weight is 264 g/mol. The van der Waals surface area contributed by atoms with Crippen LogP contribution in [0.4, 0.5) is 0 Å². The largest absolute Gasteiger partial charge is 0.477 e. The summed E-state index contributed by atoms with van der Waals surface area (Å²) < 4.78 is 5.47. The van der Waals surface area contributed by atoms with E-state index in [1.165, 1.54) is 18.3 Å². The summed E-state index contributed by atoms with van der Waals surface area (Å²) in [6.45, 7) is 4.84. The second-order valence-corrected chi connectivity index (χ2v) is 4.55. The van der Waals surface area contributed by atoms with Gasteiger partial charge in [-0.1, -0.05) is 0 Å². The highest BCUT2D eigenvalue weighted by atomic mass is 16.5. The van der Waals surface area contributed by atoms with Gasteiger partial charge in [0.25, 0.3) is 5.91 Å². The van der Waals surface area contributed by atoms with E-state index in [9.17, 15) is 9.59 Å². The molecule has 0 aliphatic carbocycles. The van der Waals surface area contributed by atoms with E-state index in [1.807, 2.05) is 13.8 Å². The van der Waals surface area contributed by atoms with Crippen LogP contribution in [-0.2, 0) is 4.74 Å². The Labute approximate surface area is 111 Å². The van der Waals surface area contributed by atoms with E-state index in [-0.39, 0.29) is 23.7 Å². The van der Waals surface area contributed by atoms with Gasteiger partial charge in [0.1, 0.15) is 5.69 Å². The van der Waals surface area contributed by atoms with Crippen molar-refractivity contribution in [3.8, 4) is 0 Å². The van der Waals surface area contributed by atoms with Crippen LogP contribution < -0.4 is 0 Å². The predicted octanol–water partition coefficient (Wildman–Crippen LogP) is 1.03. The normalized spacial score (nSPS) is 23.2. The maximum Gasteiger partial charge on any atom is 0.354 e. The van der Waals surface area contributed by atoms with Gasteiger partial charge in [-0.3, -0.25) is 4.79 Å². The molecule has 1 saturated heterocycles. The Morgan fingerprint density at radius 1 is 1.47 bits per heavy atom. The Hall–Kier alpha value is -1.95. The van der Waals surface area contributed by atoms with Crippen LogP contribution in [0.5, 0.6) is 0 Å². The summed E-state index contributed by atoms with van der Waals surface area (Å²) in [6, 6.07) is 2.79. The summed E-state index contributed by atoms with van der Waals surface area (Å²) in [7, 11) is 0. The molecule has 1 fully saturated rings. The Morgan fingerprint density at radius 3 is 2.89 bits per heavy atom. The lowest BCUT2D eigenvalue weighted by Crippen LogP contribution is -2.51. The number of hydrogen-bond acceptors (Lipinski definition) is 4. The van der Waals surface area contributed by atoms with E-state index >= 15 is 0 Å². The van der Waals surface area contributed by atoms with Crippen LogP contribution in [0.2, 0.25) is 0 Å². The van der Waals surface area contributed by atoms with Gasteiger partial charge < -0.3 is 14.7 Å². The van der Waals surface area contributed by atoms with Crippen molar-refractivity contribution in [3.05, 3.63) is 29.6 Å². The third-order valence-electron chi connectivity index (χ3n) is 3.37. The highest BCUT2D eigenvalue weighted by Crippen LogP contribution is 2.17. The molecule has 0 bridgehead atoms. The number of carbonyl (C=O) groups is 2. The van der Waals surface area contributed by atoms with Gasteiger partial charge in [0, 0.05) is 18.3 Å². The van der Waals surface area contributed by atoms with Gasteiger partial charge in [-0.05, 0) is 26.0 Å². The molecule has 0 aromatic carbocycles. The summed E-state index contributed by atoms with van der Waals surface area (Å²) in [4.78, 5) is 28.7. The standard InChI is InChI=1S/C13H16N2O4/c1-8-9(2)19-6-5-15(8)12(16)10-3-4-14-11(7-10)13(17)18/h3-4,7-9H,5-6H2,1-2H3,(H,17,18). The van der Waals surface area contributed by atoms with Crippen molar-refractivity contribution in [3.63, 3.8) is 0 Å². The molecule has 2 heterocycles. The molecule has 1 aromatic rings. The fraction of sp³-hybridized carbons (Fsp3) is 0.462. The van der Waals surface area contributed by atoms with Crippen molar-refractivity contribution in [2.45, 2.75) is 26.0 Å². The summed E-state index contributed by atoms with van der Waals surface area (Å²) in [6.07, 6.45) is 1.31. The van der Waals surface area contributed by atoms with Gasteiger partial charge in [0.15, 0.2) is 0 Å². The maximum absolute atomic E-state index is 12.4. The molecule has 1 aliphatic rings. The SMILES string of the molecule is CC1OCCN(C(=O)c2ccnc(C(=O)O)c2)C1C. The highest BCUT2D eigenvalue weighted by molar-refractivity contribution is 5.96. The number of carbonyl (C=O) groups excluding carboxylic acids is 1. The lowest BCUT2D eigenvalue weighted by Gasteiger charge is -2.37. The maximum atomic E-state index is 12.4. The summed E-state index contributed by atoms with van der Waals surface area (Å²) in [5.41, 5.74) is 0.216. The first-order chi connectivity index (χ1) is 9.00. The van der Waals surface area contributed by atoms with Gasteiger partial charge in [0.2, 0.25) is 0 Å². The zero-order valence-electron chi connectivity index (χ0n) is 10.9. The van der Waals surface area contributed by atoms with E-state index < -0.39 is 5.97 Å². The van der Waals surface area contributed by atoms with Crippen molar-refractivity contribution >= 4 is 11.9 Å². The molecule has 102 valence electrons. The van der Waals surface area contributed by atoms with Crippen LogP contribution in [0, 0.1) is 0 Å². The average Bonchev–Trinajstić information content (AvgIpc) is 2.41. The molecule has 0 radical (unpaired) electrons. The van der Waals surface area contributed by atoms with E-state index in [1.54, 1.807) is 4.90 Å². The number of ether oxygens (including phenoxy) is 1. The minimum atomic E-state index is -1.14. The van der Waals surface area contributed by atoms with Crippen LogP contribution in [0.1, 0.15) is 34.7 Å². The first-order valence-corrected chi connectivity index (χ1v) is 6.12. The molecular weight excluding hydrogens is 248 g/mol. The molecule has 1 N–H and O–H groups in total. The molecule has 6 heteroatoms. The van der Waals surface area contributed by atoms with E-state index in [0.29, 0.717) is 18.7 Å². The van der Waals surface area contributed by atoms with Gasteiger partial charge >= 0.3 is 5.97 Å². The number of rotatable bonds is 2. The molecule has 0 saturated carbocycles. The summed E-state index contributed by atoms with van der Waals surface area (Å²) >= 11 is 0. The third-order valence-corrected chi connectivity index (χ3v) is 3.37. The zero-order valence-corrected chi connectivity index (χ0v) is 10.9. The molecule has 19 heavy (non-hydrogen) atoms. The van der Waals surface area contributed by atoms with Crippen LogP contribution >= 0.6 is 0 Å². The Bertz CT molecular complexity index is 503. The number of pyridine rings is 1. The topological polar surface area (TPSA) is 79.7 Å². The number of aromatic nitrogens is 1. The first-order valence-electron chi connectivity index (χ1n) is 6.12. The minimum absolute atomic E-state index is 0.0292. The molecule has 2 rings (SSSR count). The van der Waals surface area contributed by atoms with E-state index in [4.69, 9.17) is 9.84 Å². The van der Waals surface area contributed by atoms with E-state index in [0.717, 1.165) is 0 Å². The number of carboxylic acids is 1. The number of nitrogens with zero attached hydrogens (tertiary/aromatic N) is 2. The molecule has 1 aromatic heterocycles. The second-order valence-electron chi connectivity index (χ2n) is 4.55. The predicted molar refractivity (Wildman–Crippen MR) is 67.1 cm³/mol. The zero-order chi connectivity index (χ0) is 14.0. The van der Waals surface area contributed by atoms with E-state index in [2.05, 4.69) is 4.98 Å². The van der Waals surface area contributed by atoms with Gasteiger partial charge in [0.05, 0.1) is 18.8 Å². The lowest BCUT2D eigenvalue weighted by molar-refractivity contribution is -0.0440. The number of amides is 1. The third kappa shape index (κ3) is 2.73. The fourth-order valence-corrected chi connectivity index (χ4v) is 2.07. The van der Waals surface area contributed by atoms with Crippen LogP contribution in [0.3, 0.4) is 0 Å². The van der Waals surface area contributed by atoms with Crippen molar-refractivity contribution in [2.24, 2.45) is 0 Å². The smallest absolute Gasteiger partial charge is 0.354 e. The number of morpholine rings is 1. The van der Waals surface area contributed by atoms with Gasteiger partial charge in [-0.15, -0.1) is 0 Å². The van der Waals surface area contributed by atoms with Gasteiger partial charge in [-0.25, -0.2) is 9.78 Å².